The number of hydrogen-bond acceptors (Lipinski definition) is 5. The highest BCUT2D eigenvalue weighted by Gasteiger charge is 2.25. The van der Waals surface area contributed by atoms with Crippen molar-refractivity contribution in [2.45, 2.75) is 29.6 Å². The zero-order valence-corrected chi connectivity index (χ0v) is 11.3. The average Bonchev–Trinajstić information content (AvgIpc) is 2.81. The molecule has 1 aromatic heterocycles. The predicted molar refractivity (Wildman–Crippen MR) is 68.6 cm³/mol. The van der Waals surface area contributed by atoms with Gasteiger partial charge in [-0.1, -0.05) is 0 Å². The third-order valence-electron chi connectivity index (χ3n) is 2.69. The van der Waals surface area contributed by atoms with Crippen molar-refractivity contribution in [3.8, 4) is 0 Å². The van der Waals surface area contributed by atoms with E-state index in [-0.39, 0.29) is 16.2 Å². The summed E-state index contributed by atoms with van der Waals surface area (Å²) in [6.07, 6.45) is 0.881. The molecule has 18 heavy (non-hydrogen) atoms. The molecular weight excluding hydrogens is 274 g/mol. The second-order valence-corrected chi connectivity index (χ2v) is 7.19. The SMILES string of the molecule is NCc1ccc(S(=O)(=O)NC2CCC(=O)NC2)s1. The van der Waals surface area contributed by atoms with Crippen LogP contribution in [-0.4, -0.2) is 26.9 Å². The van der Waals surface area contributed by atoms with E-state index in [2.05, 4.69) is 10.0 Å². The fraction of sp³-hybridized carbons (Fsp3) is 0.500. The van der Waals surface area contributed by atoms with Crippen LogP contribution in [0.25, 0.3) is 0 Å². The molecule has 100 valence electrons. The van der Waals surface area contributed by atoms with Gasteiger partial charge in [-0.05, 0) is 18.6 Å². The number of sulfonamides is 1. The lowest BCUT2D eigenvalue weighted by molar-refractivity contribution is -0.122. The summed E-state index contributed by atoms with van der Waals surface area (Å²) in [5, 5.41) is 2.64. The summed E-state index contributed by atoms with van der Waals surface area (Å²) < 4.78 is 27.0. The van der Waals surface area contributed by atoms with Gasteiger partial charge < -0.3 is 11.1 Å². The minimum Gasteiger partial charge on any atom is -0.355 e. The Bertz CT molecular complexity index is 528. The van der Waals surface area contributed by atoms with E-state index in [1.807, 2.05) is 0 Å². The molecule has 1 aliphatic heterocycles. The van der Waals surface area contributed by atoms with Gasteiger partial charge in [0.25, 0.3) is 0 Å². The number of hydrogen-bond donors (Lipinski definition) is 3. The Labute approximate surface area is 110 Å². The normalized spacial score (nSPS) is 20.7. The summed E-state index contributed by atoms with van der Waals surface area (Å²) in [5.74, 6) is -0.0352. The first-order valence-electron chi connectivity index (χ1n) is 5.59. The Hall–Kier alpha value is -0.960. The van der Waals surface area contributed by atoms with E-state index in [0.717, 1.165) is 4.88 Å². The summed E-state index contributed by atoms with van der Waals surface area (Å²) in [6.45, 7) is 0.673. The molecule has 0 saturated carbocycles. The molecule has 0 spiro atoms. The minimum atomic E-state index is -3.50. The van der Waals surface area contributed by atoms with Crippen molar-refractivity contribution in [3.63, 3.8) is 0 Å². The second kappa shape index (κ2) is 5.35. The topological polar surface area (TPSA) is 101 Å². The number of carbonyl (C=O) groups excluding carboxylic acids is 1. The molecule has 1 fully saturated rings. The monoisotopic (exact) mass is 289 g/mol. The van der Waals surface area contributed by atoms with Gasteiger partial charge in [-0.25, -0.2) is 13.1 Å². The van der Waals surface area contributed by atoms with E-state index in [4.69, 9.17) is 5.73 Å². The highest BCUT2D eigenvalue weighted by atomic mass is 32.2. The molecule has 0 bridgehead atoms. The van der Waals surface area contributed by atoms with Gasteiger partial charge in [0.05, 0.1) is 0 Å². The molecule has 6 nitrogen and oxygen atoms in total. The van der Waals surface area contributed by atoms with Crippen molar-refractivity contribution in [2.75, 3.05) is 6.54 Å². The third kappa shape index (κ3) is 3.08. The van der Waals surface area contributed by atoms with Gasteiger partial charge in [0.15, 0.2) is 0 Å². The summed E-state index contributed by atoms with van der Waals surface area (Å²) in [5.41, 5.74) is 5.45. The zero-order chi connectivity index (χ0) is 13.2. The number of nitrogens with one attached hydrogen (secondary N) is 2. The van der Waals surface area contributed by atoms with Crippen molar-refractivity contribution >= 4 is 27.3 Å². The van der Waals surface area contributed by atoms with Crippen LogP contribution in [0.5, 0.6) is 0 Å². The number of nitrogens with two attached hydrogens (primary N) is 1. The van der Waals surface area contributed by atoms with Crippen molar-refractivity contribution in [3.05, 3.63) is 17.0 Å². The molecule has 1 saturated heterocycles. The minimum absolute atomic E-state index is 0.0352. The first-order valence-corrected chi connectivity index (χ1v) is 7.89. The van der Waals surface area contributed by atoms with E-state index in [1.54, 1.807) is 12.1 Å². The smallest absolute Gasteiger partial charge is 0.250 e. The van der Waals surface area contributed by atoms with Crippen LogP contribution in [0, 0.1) is 0 Å². The number of rotatable bonds is 4. The lowest BCUT2D eigenvalue weighted by atomic mass is 10.1. The van der Waals surface area contributed by atoms with Crippen LogP contribution in [0.4, 0.5) is 0 Å². The van der Waals surface area contributed by atoms with E-state index in [0.29, 0.717) is 25.9 Å². The van der Waals surface area contributed by atoms with Crippen LogP contribution in [-0.2, 0) is 21.4 Å². The van der Waals surface area contributed by atoms with Gasteiger partial charge in [-0.2, -0.15) is 0 Å². The molecule has 4 N–H and O–H groups in total. The van der Waals surface area contributed by atoms with E-state index >= 15 is 0 Å². The summed E-state index contributed by atoms with van der Waals surface area (Å²) in [4.78, 5) is 11.8. The van der Waals surface area contributed by atoms with Crippen molar-refractivity contribution in [1.29, 1.82) is 0 Å². The van der Waals surface area contributed by atoms with Gasteiger partial charge in [0, 0.05) is 30.4 Å². The van der Waals surface area contributed by atoms with Crippen LogP contribution in [0.1, 0.15) is 17.7 Å². The molecule has 1 aromatic rings. The molecule has 2 rings (SSSR count). The highest BCUT2D eigenvalue weighted by Crippen LogP contribution is 2.21. The third-order valence-corrected chi connectivity index (χ3v) is 5.81. The summed E-state index contributed by atoms with van der Waals surface area (Å²) in [7, 11) is -3.50. The van der Waals surface area contributed by atoms with Gasteiger partial charge >= 0.3 is 0 Å². The second-order valence-electron chi connectivity index (χ2n) is 4.09. The Balaban J connectivity index is 2.05. The van der Waals surface area contributed by atoms with Crippen LogP contribution in [0.3, 0.4) is 0 Å². The lowest BCUT2D eigenvalue weighted by Gasteiger charge is -2.22. The van der Waals surface area contributed by atoms with Crippen LogP contribution in [0.15, 0.2) is 16.3 Å². The maximum Gasteiger partial charge on any atom is 0.250 e. The van der Waals surface area contributed by atoms with Gasteiger partial charge in [-0.3, -0.25) is 4.79 Å². The largest absolute Gasteiger partial charge is 0.355 e. The van der Waals surface area contributed by atoms with Gasteiger partial charge in [-0.15, -0.1) is 11.3 Å². The number of carbonyl (C=O) groups is 1. The first-order chi connectivity index (χ1) is 8.51. The zero-order valence-electron chi connectivity index (χ0n) is 9.68. The quantitative estimate of drug-likeness (QED) is 0.712. The van der Waals surface area contributed by atoms with E-state index in [9.17, 15) is 13.2 Å². The molecular formula is C10H15N3O3S2. The average molecular weight is 289 g/mol. The van der Waals surface area contributed by atoms with Crippen LogP contribution < -0.4 is 15.8 Å². The highest BCUT2D eigenvalue weighted by molar-refractivity contribution is 7.91. The molecule has 0 aliphatic carbocycles. The Morgan fingerprint density at radius 3 is 2.83 bits per heavy atom. The maximum absolute atomic E-state index is 12.1. The Morgan fingerprint density at radius 1 is 1.50 bits per heavy atom. The molecule has 2 heterocycles. The maximum atomic E-state index is 12.1. The van der Waals surface area contributed by atoms with Crippen molar-refractivity contribution in [2.24, 2.45) is 5.73 Å². The van der Waals surface area contributed by atoms with Gasteiger partial charge in [0.1, 0.15) is 4.21 Å². The number of piperidine rings is 1. The fourth-order valence-corrected chi connectivity index (χ4v) is 4.24. The Kier molecular flexibility index (Phi) is 4.00. The standard InChI is InChI=1S/C10H15N3O3S2/c11-5-8-2-4-10(17-8)18(15,16)13-7-1-3-9(14)12-6-7/h2,4,7,13H,1,3,5-6,11H2,(H,12,14). The molecule has 0 radical (unpaired) electrons. The van der Waals surface area contributed by atoms with Crippen molar-refractivity contribution in [1.82, 2.24) is 10.0 Å². The van der Waals surface area contributed by atoms with Gasteiger partial charge in [0.2, 0.25) is 15.9 Å². The molecule has 1 aliphatic rings. The molecule has 1 atom stereocenters. The summed E-state index contributed by atoms with van der Waals surface area (Å²) >= 11 is 1.17. The first kappa shape index (κ1) is 13.5. The van der Waals surface area contributed by atoms with E-state index < -0.39 is 10.0 Å². The number of thiophene rings is 1. The lowest BCUT2D eigenvalue weighted by Crippen LogP contribution is -2.47. The van der Waals surface area contributed by atoms with E-state index in [1.165, 1.54) is 11.3 Å². The molecule has 8 heteroatoms. The predicted octanol–water partition coefficient (Wildman–Crippen LogP) is -0.236. The molecule has 1 unspecified atom stereocenters. The Morgan fingerprint density at radius 2 is 2.28 bits per heavy atom. The van der Waals surface area contributed by atoms with Crippen LogP contribution >= 0.6 is 11.3 Å². The van der Waals surface area contributed by atoms with Crippen LogP contribution in [0.2, 0.25) is 0 Å². The molecule has 1 amide bonds. The fourth-order valence-electron chi connectivity index (χ4n) is 1.72. The molecule has 0 aromatic carbocycles. The van der Waals surface area contributed by atoms with Crippen molar-refractivity contribution < 1.29 is 13.2 Å². The summed E-state index contributed by atoms with van der Waals surface area (Å²) in [6, 6.07) is 3.02. The number of amides is 1.